The molecule has 1 nitrogen and oxygen atoms in total. The van der Waals surface area contributed by atoms with Crippen LogP contribution in [0.3, 0.4) is 0 Å². The van der Waals surface area contributed by atoms with E-state index in [2.05, 4.69) is 65.8 Å². The van der Waals surface area contributed by atoms with Crippen LogP contribution >= 0.6 is 0 Å². The van der Waals surface area contributed by atoms with Crippen molar-refractivity contribution in [3.8, 4) is 0 Å². The van der Waals surface area contributed by atoms with E-state index in [1.165, 1.54) is 31.7 Å². The Balaban J connectivity index is 0.00000242. The Kier molecular flexibility index (Phi) is 9.42. The van der Waals surface area contributed by atoms with Gasteiger partial charge in [0, 0.05) is 0 Å². The second kappa shape index (κ2) is 9.44. The second-order valence-corrected chi connectivity index (χ2v) is 8.79. The normalized spacial score (nSPS) is 14.3. The van der Waals surface area contributed by atoms with E-state index in [1.54, 1.807) is 0 Å². The van der Waals surface area contributed by atoms with Crippen molar-refractivity contribution in [1.82, 2.24) is 0 Å². The van der Waals surface area contributed by atoms with Crippen molar-refractivity contribution in [3.63, 3.8) is 0 Å². The van der Waals surface area contributed by atoms with Crippen molar-refractivity contribution >= 4 is 9.44 Å². The van der Waals surface area contributed by atoms with Gasteiger partial charge < -0.3 is 24.8 Å². The largest absolute Gasteiger partial charge is 1.00 e. The molecule has 0 saturated heterocycles. The summed E-state index contributed by atoms with van der Waals surface area (Å²) in [7, 11) is 0. The molecule has 0 spiro atoms. The molecule has 0 aliphatic heterocycles. The predicted octanol–water partition coefficient (Wildman–Crippen LogP) is -1.11. The Morgan fingerprint density at radius 1 is 1.00 bits per heavy atom. The molecule has 0 unspecified atom stereocenters. The molecule has 2 rings (SSSR count). The predicted molar refractivity (Wildman–Crippen MR) is 87.1 cm³/mol. The summed E-state index contributed by atoms with van der Waals surface area (Å²) in [5.41, 5.74) is 7.60. The van der Waals surface area contributed by atoms with Crippen LogP contribution in [0.1, 0.15) is 53.5 Å². The monoisotopic (exact) mass is 388 g/mol. The van der Waals surface area contributed by atoms with E-state index >= 15 is 0 Å². The molecule has 0 N–H and O–H groups in total. The van der Waals surface area contributed by atoms with Gasteiger partial charge in [-0.3, -0.25) is 0 Å². The summed E-state index contributed by atoms with van der Waals surface area (Å²) >= 11 is -0.527. The molecule has 1 aromatic rings. The zero-order valence-corrected chi connectivity index (χ0v) is 18.0. The van der Waals surface area contributed by atoms with Crippen molar-refractivity contribution in [1.29, 1.82) is 0 Å². The van der Waals surface area contributed by atoms with Crippen LogP contribution in [0, 0.1) is 5.41 Å². The van der Waals surface area contributed by atoms with Gasteiger partial charge in [0.25, 0.3) is 0 Å². The minimum atomic E-state index is -0.527. The first-order valence-electron chi connectivity index (χ1n) is 7.63. The Labute approximate surface area is 163 Å². The van der Waals surface area contributed by atoms with Gasteiger partial charge in [-0.1, -0.05) is 0 Å². The third kappa shape index (κ3) is 6.07. The van der Waals surface area contributed by atoms with E-state index in [-0.39, 0.29) is 30.2 Å². The minimum Gasteiger partial charge on any atom is -1.00 e. The van der Waals surface area contributed by atoms with Crippen molar-refractivity contribution in [2.45, 2.75) is 48.0 Å². The van der Waals surface area contributed by atoms with Crippen LogP contribution in [0.4, 0.5) is 0 Å². The second-order valence-electron chi connectivity index (χ2n) is 7.18. The molecule has 1 aliphatic carbocycles. The van der Waals surface area contributed by atoms with E-state index in [0.29, 0.717) is 0 Å². The summed E-state index contributed by atoms with van der Waals surface area (Å²) in [4.78, 5) is 0. The topological polar surface area (TPSA) is 9.23 Å². The number of hydrogen-bond acceptors (Lipinski definition) is 1. The molecular weight excluding hydrogens is 363 g/mol. The van der Waals surface area contributed by atoms with Crippen LogP contribution in [0.2, 0.25) is 0 Å². The van der Waals surface area contributed by atoms with Crippen molar-refractivity contribution in [2.75, 3.05) is 6.61 Å². The molecule has 0 radical (unpaired) electrons. The number of halogens is 2. The third-order valence-electron chi connectivity index (χ3n) is 4.04. The van der Waals surface area contributed by atoms with Gasteiger partial charge in [0.1, 0.15) is 0 Å². The summed E-state index contributed by atoms with van der Waals surface area (Å²) in [5, 5.41) is 0. The molecule has 23 heavy (non-hydrogen) atoms. The fourth-order valence-corrected chi connectivity index (χ4v) is 4.37. The zero-order chi connectivity index (χ0) is 15.6. The van der Waals surface area contributed by atoms with Gasteiger partial charge in [0.05, 0.1) is 0 Å². The molecule has 0 aromatic heterocycles. The first-order chi connectivity index (χ1) is 9.79. The van der Waals surface area contributed by atoms with Crippen LogP contribution in [-0.4, -0.2) is 6.61 Å². The molecule has 0 bridgehead atoms. The average Bonchev–Trinajstić information content (AvgIpc) is 2.66. The van der Waals surface area contributed by atoms with E-state index in [9.17, 15) is 0 Å². The van der Waals surface area contributed by atoms with Gasteiger partial charge in [0.2, 0.25) is 0 Å². The van der Waals surface area contributed by atoms with E-state index in [1.807, 2.05) is 0 Å². The maximum atomic E-state index is 6.06. The van der Waals surface area contributed by atoms with E-state index in [4.69, 9.17) is 3.32 Å². The fourth-order valence-electron chi connectivity index (χ4n) is 2.54. The van der Waals surface area contributed by atoms with Gasteiger partial charge in [-0.05, 0) is 0 Å². The number of rotatable bonds is 4. The molecule has 0 fully saturated rings. The summed E-state index contributed by atoms with van der Waals surface area (Å²) < 4.78 is 7.49. The molecule has 1 aromatic carbocycles. The molecule has 0 amide bonds. The van der Waals surface area contributed by atoms with E-state index < -0.39 is 19.5 Å². The van der Waals surface area contributed by atoms with Gasteiger partial charge >= 0.3 is 139 Å². The van der Waals surface area contributed by atoms with Crippen molar-refractivity contribution in [3.05, 3.63) is 46.5 Å². The minimum absolute atomic E-state index is 0. The average molecular weight is 389 g/mol. The molecule has 1 aliphatic rings. The van der Waals surface area contributed by atoms with Crippen molar-refractivity contribution < 1.29 is 47.7 Å². The molecule has 0 saturated carbocycles. The Morgan fingerprint density at radius 2 is 1.61 bits per heavy atom. The maximum absolute atomic E-state index is 6.06. The van der Waals surface area contributed by atoms with Gasteiger partial charge in [-0.15, -0.1) is 0 Å². The number of benzene rings is 1. The van der Waals surface area contributed by atoms with Crippen LogP contribution in [0.5, 0.6) is 0 Å². The molecule has 0 atom stereocenters. The number of hydrogen-bond donors (Lipinski definition) is 0. The van der Waals surface area contributed by atoms with Crippen LogP contribution in [-0.2, 0) is 22.9 Å². The van der Waals surface area contributed by atoms with Crippen LogP contribution in [0.15, 0.2) is 41.0 Å². The molecular formula is C19H26Cl2OTi. The summed E-state index contributed by atoms with van der Waals surface area (Å²) in [6.07, 6.45) is 1.10. The summed E-state index contributed by atoms with van der Waals surface area (Å²) in [6.45, 7) is 14.3. The summed E-state index contributed by atoms with van der Waals surface area (Å²) in [6, 6.07) is 8.81. The molecule has 0 heterocycles. The van der Waals surface area contributed by atoms with Crippen LogP contribution < -0.4 is 28.7 Å². The first kappa shape index (κ1) is 23.0. The van der Waals surface area contributed by atoms with Crippen LogP contribution in [0.25, 0.3) is 5.57 Å². The van der Waals surface area contributed by atoms with Crippen molar-refractivity contribution in [2.24, 2.45) is 5.41 Å². The first-order valence-corrected chi connectivity index (χ1v) is 9.05. The summed E-state index contributed by atoms with van der Waals surface area (Å²) in [5.74, 6) is 0. The smallest absolute Gasteiger partial charge is 1.00 e. The van der Waals surface area contributed by atoms with Gasteiger partial charge in [-0.2, -0.15) is 0 Å². The van der Waals surface area contributed by atoms with E-state index in [0.717, 1.165) is 13.0 Å². The standard InChI is InChI=1S/C14H15.C5H11O.2ClH.Ti/c1-10-9-14(12(3)11(10)2)13-7-5-4-6-8-13;1-5(2,3)4-6;;;/h4-7H,9H2,1-3H3;4H2,1-3H3;2*1H;/q;-1;;;+3/p-2. The molecule has 4 heteroatoms. The Morgan fingerprint density at radius 3 is 2.13 bits per heavy atom. The number of allylic oxidation sites excluding steroid dienone is 4. The Bertz CT molecular complexity index is 598. The maximum Gasteiger partial charge on any atom is -1.00 e. The fraction of sp³-hybridized carbons (Fsp3) is 0.474. The Hall–Kier alpha value is -0.0457. The van der Waals surface area contributed by atoms with Gasteiger partial charge in [0.15, 0.2) is 0 Å². The van der Waals surface area contributed by atoms with Gasteiger partial charge in [-0.25, -0.2) is 0 Å². The SMILES string of the molecule is CC1=C(C)C(C)=C(c2cccc[c]2[Ti+2][O]CC(C)(C)C)C1.[Cl-].[Cl-]. The zero-order valence-electron chi connectivity index (χ0n) is 14.9. The molecule has 126 valence electrons. The third-order valence-corrected chi connectivity index (χ3v) is 5.51. The quantitative estimate of drug-likeness (QED) is 0.594.